The molecule has 4 heterocycles. The third-order valence-electron chi connectivity index (χ3n) is 5.80. The molecule has 0 unspecified atom stereocenters. The Labute approximate surface area is 192 Å². The standard InChI is InChI=1S/C26H25FN6/c27-21-6-3-8-22(15-21)30-25-16-24(19-9-12-28-13-10-19)31-26(32-25)20-5-4-14-33(17-20)18-23-7-1-2-11-29-23/h1-3,6-13,15-16,20H,4-5,14,17-18H2,(H,30,31,32)/t20-/m0/s1. The summed E-state index contributed by atoms with van der Waals surface area (Å²) in [5.74, 6) is 1.37. The number of likely N-dealkylation sites (tertiary alicyclic amines) is 1. The van der Waals surface area contributed by atoms with E-state index in [1.807, 2.05) is 42.6 Å². The predicted molar refractivity (Wildman–Crippen MR) is 126 cm³/mol. The molecular formula is C26H25FN6. The average molecular weight is 441 g/mol. The molecule has 33 heavy (non-hydrogen) atoms. The summed E-state index contributed by atoms with van der Waals surface area (Å²) in [5, 5.41) is 3.26. The molecule has 0 bridgehead atoms. The molecule has 3 aromatic heterocycles. The van der Waals surface area contributed by atoms with Crippen LogP contribution in [0.3, 0.4) is 0 Å². The van der Waals surface area contributed by atoms with Crippen molar-refractivity contribution in [2.45, 2.75) is 25.3 Å². The first-order chi connectivity index (χ1) is 16.2. The summed E-state index contributed by atoms with van der Waals surface area (Å²) >= 11 is 0. The molecule has 5 rings (SSSR count). The van der Waals surface area contributed by atoms with Gasteiger partial charge in [-0.25, -0.2) is 14.4 Å². The van der Waals surface area contributed by atoms with Gasteiger partial charge in [-0.15, -0.1) is 0 Å². The normalized spacial score (nSPS) is 16.5. The fourth-order valence-corrected chi connectivity index (χ4v) is 4.23. The summed E-state index contributed by atoms with van der Waals surface area (Å²) in [5.41, 5.74) is 3.51. The lowest BCUT2D eigenvalue weighted by Crippen LogP contribution is -2.34. The molecule has 166 valence electrons. The van der Waals surface area contributed by atoms with E-state index < -0.39 is 0 Å². The molecular weight excluding hydrogens is 415 g/mol. The van der Waals surface area contributed by atoms with Crippen molar-refractivity contribution in [1.82, 2.24) is 24.8 Å². The number of benzene rings is 1. The van der Waals surface area contributed by atoms with Crippen molar-refractivity contribution in [3.8, 4) is 11.3 Å². The highest BCUT2D eigenvalue weighted by Crippen LogP contribution is 2.29. The lowest BCUT2D eigenvalue weighted by atomic mass is 9.96. The minimum atomic E-state index is -0.291. The highest BCUT2D eigenvalue weighted by molar-refractivity contribution is 5.65. The topological polar surface area (TPSA) is 66.8 Å². The summed E-state index contributed by atoms with van der Waals surface area (Å²) < 4.78 is 13.7. The number of anilines is 2. The fraction of sp³-hybridized carbons (Fsp3) is 0.231. The van der Waals surface area contributed by atoms with Gasteiger partial charge in [0.15, 0.2) is 0 Å². The van der Waals surface area contributed by atoms with Gasteiger partial charge in [-0.1, -0.05) is 12.1 Å². The Morgan fingerprint density at radius 2 is 1.88 bits per heavy atom. The van der Waals surface area contributed by atoms with E-state index in [1.54, 1.807) is 18.5 Å². The number of halogens is 1. The first-order valence-electron chi connectivity index (χ1n) is 11.2. The van der Waals surface area contributed by atoms with E-state index in [4.69, 9.17) is 9.97 Å². The Bertz CT molecular complexity index is 1200. The number of nitrogens with one attached hydrogen (secondary N) is 1. The quantitative estimate of drug-likeness (QED) is 0.445. The van der Waals surface area contributed by atoms with Crippen LogP contribution in [0.2, 0.25) is 0 Å². The molecule has 4 aromatic rings. The molecule has 1 fully saturated rings. The Morgan fingerprint density at radius 3 is 2.70 bits per heavy atom. The van der Waals surface area contributed by atoms with Crippen LogP contribution in [-0.4, -0.2) is 37.9 Å². The van der Waals surface area contributed by atoms with Crippen molar-refractivity contribution in [3.05, 3.63) is 96.6 Å². The summed E-state index contributed by atoms with van der Waals surface area (Å²) in [6, 6.07) is 18.2. The van der Waals surface area contributed by atoms with Crippen LogP contribution in [-0.2, 0) is 6.54 Å². The number of pyridine rings is 2. The number of piperidine rings is 1. The maximum atomic E-state index is 13.7. The molecule has 1 aliphatic heterocycles. The van der Waals surface area contributed by atoms with Crippen molar-refractivity contribution in [2.24, 2.45) is 0 Å². The molecule has 1 aromatic carbocycles. The zero-order valence-electron chi connectivity index (χ0n) is 18.2. The van der Waals surface area contributed by atoms with Crippen LogP contribution in [0.25, 0.3) is 11.3 Å². The third kappa shape index (κ3) is 5.38. The fourth-order valence-electron chi connectivity index (χ4n) is 4.23. The van der Waals surface area contributed by atoms with Gasteiger partial charge in [0.1, 0.15) is 17.5 Å². The van der Waals surface area contributed by atoms with Crippen molar-refractivity contribution < 1.29 is 4.39 Å². The van der Waals surface area contributed by atoms with E-state index in [0.29, 0.717) is 11.5 Å². The van der Waals surface area contributed by atoms with Crippen LogP contribution in [0.1, 0.15) is 30.3 Å². The van der Waals surface area contributed by atoms with E-state index >= 15 is 0 Å². The average Bonchev–Trinajstić information content (AvgIpc) is 2.85. The number of hydrogen-bond donors (Lipinski definition) is 1. The SMILES string of the molecule is Fc1cccc(Nc2cc(-c3ccncc3)nc([C@H]3CCCN(Cc4ccccn4)C3)n2)c1. The number of nitrogens with zero attached hydrogens (tertiary/aromatic N) is 5. The van der Waals surface area contributed by atoms with E-state index in [1.165, 1.54) is 12.1 Å². The Morgan fingerprint density at radius 1 is 0.970 bits per heavy atom. The second-order valence-corrected chi connectivity index (χ2v) is 8.26. The molecule has 0 saturated carbocycles. The Balaban J connectivity index is 1.44. The van der Waals surface area contributed by atoms with Crippen LogP contribution in [0.5, 0.6) is 0 Å². The number of rotatable bonds is 6. The summed E-state index contributed by atoms with van der Waals surface area (Å²) in [6.07, 6.45) is 7.45. The first-order valence-corrected chi connectivity index (χ1v) is 11.2. The van der Waals surface area contributed by atoms with Crippen molar-refractivity contribution >= 4 is 11.5 Å². The lowest BCUT2D eigenvalue weighted by Gasteiger charge is -2.32. The predicted octanol–water partition coefficient (Wildman–Crippen LogP) is 5.20. The molecule has 1 N–H and O–H groups in total. The van der Waals surface area contributed by atoms with Crippen molar-refractivity contribution in [2.75, 3.05) is 18.4 Å². The molecule has 0 spiro atoms. The highest BCUT2D eigenvalue weighted by atomic mass is 19.1. The molecule has 1 saturated heterocycles. The third-order valence-corrected chi connectivity index (χ3v) is 5.80. The zero-order chi connectivity index (χ0) is 22.5. The minimum Gasteiger partial charge on any atom is -0.340 e. The van der Waals surface area contributed by atoms with Gasteiger partial charge in [-0.3, -0.25) is 14.9 Å². The van der Waals surface area contributed by atoms with Gasteiger partial charge in [0.2, 0.25) is 0 Å². The maximum Gasteiger partial charge on any atom is 0.135 e. The maximum absolute atomic E-state index is 13.7. The van der Waals surface area contributed by atoms with Crippen LogP contribution in [0, 0.1) is 5.82 Å². The van der Waals surface area contributed by atoms with Crippen LogP contribution in [0.4, 0.5) is 15.9 Å². The van der Waals surface area contributed by atoms with Gasteiger partial charge in [0.25, 0.3) is 0 Å². The zero-order valence-corrected chi connectivity index (χ0v) is 18.2. The van der Waals surface area contributed by atoms with Gasteiger partial charge in [-0.2, -0.15) is 0 Å². The van der Waals surface area contributed by atoms with E-state index in [-0.39, 0.29) is 11.7 Å². The van der Waals surface area contributed by atoms with Gasteiger partial charge < -0.3 is 5.32 Å². The molecule has 0 aliphatic carbocycles. The van der Waals surface area contributed by atoms with Crippen LogP contribution in [0.15, 0.2) is 79.3 Å². The van der Waals surface area contributed by atoms with Crippen LogP contribution < -0.4 is 5.32 Å². The summed E-state index contributed by atoms with van der Waals surface area (Å²) in [7, 11) is 0. The molecule has 0 amide bonds. The van der Waals surface area contributed by atoms with Gasteiger partial charge in [0.05, 0.1) is 11.4 Å². The number of aromatic nitrogens is 4. The summed E-state index contributed by atoms with van der Waals surface area (Å²) in [4.78, 5) is 20.8. The minimum absolute atomic E-state index is 0.206. The molecule has 1 aliphatic rings. The Kier molecular flexibility index (Phi) is 6.30. The van der Waals surface area contributed by atoms with Gasteiger partial charge >= 0.3 is 0 Å². The van der Waals surface area contributed by atoms with Gasteiger partial charge in [0, 0.05) is 54.9 Å². The van der Waals surface area contributed by atoms with Crippen molar-refractivity contribution in [1.29, 1.82) is 0 Å². The molecule has 1 atom stereocenters. The first kappa shape index (κ1) is 21.2. The smallest absolute Gasteiger partial charge is 0.135 e. The molecule has 6 nitrogen and oxygen atoms in total. The van der Waals surface area contributed by atoms with Gasteiger partial charge in [-0.05, 0) is 61.9 Å². The highest BCUT2D eigenvalue weighted by Gasteiger charge is 2.25. The van der Waals surface area contributed by atoms with E-state index in [2.05, 4.69) is 26.3 Å². The molecule has 7 heteroatoms. The van der Waals surface area contributed by atoms with E-state index in [9.17, 15) is 4.39 Å². The molecule has 0 radical (unpaired) electrons. The Hall–Kier alpha value is -3.71. The van der Waals surface area contributed by atoms with Crippen molar-refractivity contribution in [3.63, 3.8) is 0 Å². The largest absolute Gasteiger partial charge is 0.340 e. The monoisotopic (exact) mass is 440 g/mol. The second-order valence-electron chi connectivity index (χ2n) is 8.26. The number of hydrogen-bond acceptors (Lipinski definition) is 6. The van der Waals surface area contributed by atoms with E-state index in [0.717, 1.165) is 55.3 Å². The lowest BCUT2D eigenvalue weighted by molar-refractivity contribution is 0.194. The summed E-state index contributed by atoms with van der Waals surface area (Å²) in [6.45, 7) is 2.72. The van der Waals surface area contributed by atoms with Crippen LogP contribution >= 0.6 is 0 Å². The second kappa shape index (κ2) is 9.83.